The van der Waals surface area contributed by atoms with Gasteiger partial charge in [0.05, 0.1) is 0 Å². The minimum atomic E-state index is -0.325. The van der Waals surface area contributed by atoms with Gasteiger partial charge in [-0.05, 0) is 0 Å². The van der Waals surface area contributed by atoms with Gasteiger partial charge >= 0.3 is 0 Å². The number of aromatic nitrogens is 2. The van der Waals surface area contributed by atoms with Gasteiger partial charge in [-0.2, -0.15) is 9.97 Å². The van der Waals surface area contributed by atoms with Gasteiger partial charge in [0.2, 0.25) is 11.7 Å². The molecule has 0 aliphatic carbocycles. The number of hydrogen-bond donors (Lipinski definition) is 4. The van der Waals surface area contributed by atoms with Crippen LogP contribution in [0.25, 0.3) is 0 Å². The lowest BCUT2D eigenvalue weighted by molar-refractivity contribution is 0.476. The van der Waals surface area contributed by atoms with E-state index in [1.807, 2.05) is 0 Å². The standard InChI is InChI=1S/C4H7N5O/c5-2-1(10)3(6)9-4(7)8-2/h10H,(H6,5,6,7,8,9). The highest BCUT2D eigenvalue weighted by Crippen LogP contribution is 2.23. The predicted octanol–water partition coefficient (Wildman–Crippen LogP) is -1.07. The summed E-state index contributed by atoms with van der Waals surface area (Å²) < 4.78 is 0. The predicted molar refractivity (Wildman–Crippen MR) is 36.9 cm³/mol. The van der Waals surface area contributed by atoms with E-state index in [9.17, 15) is 0 Å². The van der Waals surface area contributed by atoms with E-state index in [0.717, 1.165) is 0 Å². The van der Waals surface area contributed by atoms with E-state index in [0.29, 0.717) is 0 Å². The van der Waals surface area contributed by atoms with Crippen LogP contribution in [0.5, 0.6) is 5.75 Å². The molecule has 6 heteroatoms. The molecule has 1 heterocycles. The number of aromatic hydroxyl groups is 1. The van der Waals surface area contributed by atoms with Gasteiger partial charge < -0.3 is 22.3 Å². The molecule has 0 spiro atoms. The smallest absolute Gasteiger partial charge is 0.224 e. The van der Waals surface area contributed by atoms with E-state index in [2.05, 4.69) is 9.97 Å². The van der Waals surface area contributed by atoms with Crippen LogP contribution < -0.4 is 17.2 Å². The number of nitrogen functional groups attached to an aromatic ring is 3. The second kappa shape index (κ2) is 1.90. The average molecular weight is 141 g/mol. The molecule has 54 valence electrons. The summed E-state index contributed by atoms with van der Waals surface area (Å²) in [5.41, 5.74) is 15.5. The van der Waals surface area contributed by atoms with E-state index >= 15 is 0 Å². The molecule has 7 N–H and O–H groups in total. The first-order valence-corrected chi connectivity index (χ1v) is 2.48. The third kappa shape index (κ3) is 0.859. The molecule has 0 aromatic carbocycles. The molecular formula is C4H7N5O. The summed E-state index contributed by atoms with van der Waals surface area (Å²) in [5.74, 6) is -0.586. The molecule has 0 bridgehead atoms. The number of hydrogen-bond acceptors (Lipinski definition) is 6. The molecule has 0 saturated carbocycles. The summed E-state index contributed by atoms with van der Waals surface area (Å²) in [6, 6.07) is 0. The number of nitrogens with zero attached hydrogens (tertiary/aromatic N) is 2. The van der Waals surface area contributed by atoms with Crippen molar-refractivity contribution in [1.82, 2.24) is 9.97 Å². The highest BCUT2D eigenvalue weighted by Gasteiger charge is 2.04. The SMILES string of the molecule is Nc1nc(N)c(O)c(N)n1. The topological polar surface area (TPSA) is 124 Å². The first-order chi connectivity index (χ1) is 4.61. The number of anilines is 3. The van der Waals surface area contributed by atoms with Gasteiger partial charge in [-0.15, -0.1) is 0 Å². The molecule has 10 heavy (non-hydrogen) atoms. The van der Waals surface area contributed by atoms with E-state index in [1.54, 1.807) is 0 Å². The van der Waals surface area contributed by atoms with Gasteiger partial charge in [0, 0.05) is 0 Å². The van der Waals surface area contributed by atoms with Crippen molar-refractivity contribution in [3.63, 3.8) is 0 Å². The Morgan fingerprint density at radius 3 is 1.80 bits per heavy atom. The zero-order valence-corrected chi connectivity index (χ0v) is 5.07. The first-order valence-electron chi connectivity index (χ1n) is 2.48. The quantitative estimate of drug-likeness (QED) is 0.364. The minimum Gasteiger partial charge on any atom is -0.502 e. The van der Waals surface area contributed by atoms with Crippen LogP contribution in [0.15, 0.2) is 0 Å². The van der Waals surface area contributed by atoms with Crippen LogP contribution in [-0.4, -0.2) is 15.1 Å². The van der Waals surface area contributed by atoms with Crippen LogP contribution in [0.3, 0.4) is 0 Å². The van der Waals surface area contributed by atoms with Crippen molar-refractivity contribution in [3.05, 3.63) is 0 Å². The average Bonchev–Trinajstić information content (AvgIpc) is 1.82. The molecule has 1 aromatic rings. The molecular weight excluding hydrogens is 134 g/mol. The van der Waals surface area contributed by atoms with Gasteiger partial charge in [-0.1, -0.05) is 0 Å². The summed E-state index contributed by atoms with van der Waals surface area (Å²) in [6.45, 7) is 0. The Morgan fingerprint density at radius 2 is 1.40 bits per heavy atom. The summed E-state index contributed by atoms with van der Waals surface area (Å²) in [7, 11) is 0. The third-order valence-corrected chi connectivity index (χ3v) is 0.955. The highest BCUT2D eigenvalue weighted by atomic mass is 16.3. The van der Waals surface area contributed by atoms with Gasteiger partial charge in [-0.3, -0.25) is 0 Å². The summed E-state index contributed by atoms with van der Waals surface area (Å²) in [5, 5.41) is 8.90. The summed E-state index contributed by atoms with van der Waals surface area (Å²) in [4.78, 5) is 6.90. The van der Waals surface area contributed by atoms with E-state index < -0.39 is 0 Å². The Labute approximate surface area is 56.7 Å². The highest BCUT2D eigenvalue weighted by molar-refractivity contribution is 5.60. The van der Waals surface area contributed by atoms with Crippen molar-refractivity contribution in [2.45, 2.75) is 0 Å². The van der Waals surface area contributed by atoms with Crippen LogP contribution in [0, 0.1) is 0 Å². The molecule has 0 saturated heterocycles. The van der Waals surface area contributed by atoms with Crippen LogP contribution in [-0.2, 0) is 0 Å². The molecule has 0 atom stereocenters. The fourth-order valence-corrected chi connectivity index (χ4v) is 0.509. The zero-order chi connectivity index (χ0) is 7.72. The van der Waals surface area contributed by atoms with Crippen LogP contribution >= 0.6 is 0 Å². The summed E-state index contributed by atoms with van der Waals surface area (Å²) in [6.07, 6.45) is 0. The van der Waals surface area contributed by atoms with Gasteiger partial charge in [0.1, 0.15) is 0 Å². The van der Waals surface area contributed by atoms with Gasteiger partial charge in [-0.25, -0.2) is 0 Å². The summed E-state index contributed by atoms with van der Waals surface area (Å²) >= 11 is 0. The van der Waals surface area contributed by atoms with Crippen molar-refractivity contribution in [3.8, 4) is 5.75 Å². The largest absolute Gasteiger partial charge is 0.502 e. The van der Waals surface area contributed by atoms with Crippen LogP contribution in [0.4, 0.5) is 17.6 Å². The molecule has 1 aromatic heterocycles. The number of rotatable bonds is 0. The van der Waals surface area contributed by atoms with Crippen molar-refractivity contribution >= 4 is 17.6 Å². The van der Waals surface area contributed by atoms with Crippen LogP contribution in [0.1, 0.15) is 0 Å². The maximum absolute atomic E-state index is 8.90. The first kappa shape index (κ1) is 6.40. The van der Waals surface area contributed by atoms with Crippen molar-refractivity contribution < 1.29 is 5.11 Å². The fourth-order valence-electron chi connectivity index (χ4n) is 0.509. The lowest BCUT2D eigenvalue weighted by Crippen LogP contribution is -2.03. The normalized spacial score (nSPS) is 9.60. The molecule has 0 unspecified atom stereocenters. The lowest BCUT2D eigenvalue weighted by Gasteiger charge is -2.00. The minimum absolute atomic E-state index is 0.0483. The molecule has 0 aliphatic heterocycles. The van der Waals surface area contributed by atoms with E-state index in [-0.39, 0.29) is 23.3 Å². The van der Waals surface area contributed by atoms with Gasteiger partial charge in [0.25, 0.3) is 0 Å². The Balaban J connectivity index is 3.31. The molecule has 0 aliphatic rings. The molecule has 0 amide bonds. The third-order valence-electron chi connectivity index (χ3n) is 0.955. The molecule has 0 fully saturated rings. The lowest BCUT2D eigenvalue weighted by atomic mass is 10.5. The zero-order valence-electron chi connectivity index (χ0n) is 5.07. The van der Waals surface area contributed by atoms with Crippen molar-refractivity contribution in [1.29, 1.82) is 0 Å². The fraction of sp³-hybridized carbons (Fsp3) is 0. The maximum atomic E-state index is 8.90. The van der Waals surface area contributed by atoms with Crippen LogP contribution in [0.2, 0.25) is 0 Å². The molecule has 6 nitrogen and oxygen atoms in total. The van der Waals surface area contributed by atoms with Gasteiger partial charge in [0.15, 0.2) is 11.6 Å². The Bertz CT molecular complexity index is 237. The second-order valence-corrected chi connectivity index (χ2v) is 1.70. The second-order valence-electron chi connectivity index (χ2n) is 1.70. The Hall–Kier alpha value is -1.72. The number of nitrogens with two attached hydrogens (primary N) is 3. The van der Waals surface area contributed by atoms with E-state index in [1.165, 1.54) is 0 Å². The molecule has 1 rings (SSSR count). The van der Waals surface area contributed by atoms with Crippen molar-refractivity contribution in [2.24, 2.45) is 0 Å². The van der Waals surface area contributed by atoms with Crippen molar-refractivity contribution in [2.75, 3.05) is 17.2 Å². The van der Waals surface area contributed by atoms with E-state index in [4.69, 9.17) is 22.3 Å². The Morgan fingerprint density at radius 1 is 1.00 bits per heavy atom. The molecule has 0 radical (unpaired) electrons. The monoisotopic (exact) mass is 141 g/mol. The Kier molecular flexibility index (Phi) is 1.22. The maximum Gasteiger partial charge on any atom is 0.224 e.